The molecule has 0 aliphatic carbocycles. The number of hydrogen-bond acceptors (Lipinski definition) is 4. The zero-order chi connectivity index (χ0) is 11.6. The van der Waals surface area contributed by atoms with Crippen LogP contribution in [0.3, 0.4) is 0 Å². The van der Waals surface area contributed by atoms with E-state index in [0.29, 0.717) is 0 Å². The molecule has 1 aliphatic heterocycles. The number of aliphatic hydroxyl groups is 1. The monoisotopic (exact) mass is 231 g/mol. The van der Waals surface area contributed by atoms with Crippen LogP contribution < -0.4 is 5.32 Å². The van der Waals surface area contributed by atoms with Crippen LogP contribution in [0.1, 0.15) is 26.7 Å². The highest BCUT2D eigenvalue weighted by Crippen LogP contribution is 2.24. The summed E-state index contributed by atoms with van der Waals surface area (Å²) in [7, 11) is 0. The molecule has 0 radical (unpaired) electrons. The van der Waals surface area contributed by atoms with E-state index in [1.807, 2.05) is 6.92 Å². The molecule has 15 heavy (non-hydrogen) atoms. The molecule has 0 bridgehead atoms. The van der Waals surface area contributed by atoms with Crippen molar-refractivity contribution in [2.75, 3.05) is 0 Å². The summed E-state index contributed by atoms with van der Waals surface area (Å²) in [6, 6.07) is -0.408. The number of carbonyl (C=O) groups excluding carboxylic acids is 2. The van der Waals surface area contributed by atoms with Gasteiger partial charge >= 0.3 is 0 Å². The number of thiol groups is 1. The van der Waals surface area contributed by atoms with Gasteiger partial charge in [-0.25, -0.2) is 0 Å². The van der Waals surface area contributed by atoms with Gasteiger partial charge in [0, 0.05) is 5.25 Å². The fourth-order valence-electron chi connectivity index (χ4n) is 1.93. The largest absolute Gasteiger partial charge is 0.390 e. The van der Waals surface area contributed by atoms with Crippen LogP contribution in [0.2, 0.25) is 0 Å². The molecular formula is C10H17NO3S. The quantitative estimate of drug-likeness (QED) is 0.476. The first-order valence-corrected chi connectivity index (χ1v) is 5.67. The lowest BCUT2D eigenvalue weighted by Crippen LogP contribution is -2.40. The Hall–Kier alpha value is -0.550. The van der Waals surface area contributed by atoms with Crippen LogP contribution in [0.4, 0.5) is 0 Å². The molecule has 1 aliphatic rings. The summed E-state index contributed by atoms with van der Waals surface area (Å²) in [4.78, 5) is 22.6. The second-order valence-electron chi connectivity index (χ2n) is 3.97. The highest BCUT2D eigenvalue weighted by atomic mass is 32.1. The predicted molar refractivity (Wildman–Crippen MR) is 59.8 cm³/mol. The number of nitrogens with one attached hydrogen (secondary N) is 1. The van der Waals surface area contributed by atoms with Gasteiger partial charge in [-0.2, -0.15) is 12.6 Å². The average molecular weight is 231 g/mol. The summed E-state index contributed by atoms with van der Waals surface area (Å²) in [5, 5.41) is 12.4. The zero-order valence-electron chi connectivity index (χ0n) is 8.93. The topological polar surface area (TPSA) is 66.4 Å². The molecule has 1 fully saturated rings. The number of amides is 1. The first-order valence-electron chi connectivity index (χ1n) is 5.16. The molecule has 2 N–H and O–H groups in total. The van der Waals surface area contributed by atoms with E-state index in [4.69, 9.17) is 0 Å². The maximum atomic E-state index is 11.4. The summed E-state index contributed by atoms with van der Waals surface area (Å²) < 4.78 is 0. The fraction of sp³-hybridized carbons (Fsp3) is 0.800. The SMILES string of the molecule is CCCC(S)C1NC(=O)C(C(C)=O)C1O. The highest BCUT2D eigenvalue weighted by Gasteiger charge is 2.45. The smallest absolute Gasteiger partial charge is 0.233 e. The van der Waals surface area contributed by atoms with Gasteiger partial charge in [0.05, 0.1) is 12.1 Å². The van der Waals surface area contributed by atoms with Crippen molar-refractivity contribution in [1.82, 2.24) is 5.32 Å². The van der Waals surface area contributed by atoms with E-state index in [0.717, 1.165) is 12.8 Å². The number of ketones is 1. The van der Waals surface area contributed by atoms with Gasteiger partial charge in [0.2, 0.25) is 5.91 Å². The normalized spacial score (nSPS) is 32.5. The Morgan fingerprint density at radius 2 is 2.27 bits per heavy atom. The van der Waals surface area contributed by atoms with Crippen molar-refractivity contribution in [2.24, 2.45) is 5.92 Å². The van der Waals surface area contributed by atoms with Gasteiger partial charge in [-0.3, -0.25) is 9.59 Å². The Morgan fingerprint density at radius 1 is 1.67 bits per heavy atom. The van der Waals surface area contributed by atoms with E-state index in [1.54, 1.807) is 0 Å². The summed E-state index contributed by atoms with van der Waals surface area (Å²) in [6.07, 6.45) is 0.789. The maximum absolute atomic E-state index is 11.4. The second kappa shape index (κ2) is 4.99. The molecule has 1 saturated heterocycles. The lowest BCUT2D eigenvalue weighted by atomic mass is 9.95. The minimum absolute atomic E-state index is 0.0988. The van der Waals surface area contributed by atoms with Gasteiger partial charge in [0.1, 0.15) is 11.7 Å². The second-order valence-corrected chi connectivity index (χ2v) is 4.63. The Kier molecular flexibility index (Phi) is 4.16. The number of hydrogen-bond donors (Lipinski definition) is 3. The molecule has 0 aromatic heterocycles. The lowest BCUT2D eigenvalue weighted by molar-refractivity contribution is -0.132. The summed E-state index contributed by atoms with van der Waals surface area (Å²) in [5.41, 5.74) is 0. The highest BCUT2D eigenvalue weighted by molar-refractivity contribution is 7.81. The maximum Gasteiger partial charge on any atom is 0.233 e. The van der Waals surface area contributed by atoms with E-state index in [-0.39, 0.29) is 16.9 Å². The Bertz CT molecular complexity index is 269. The first kappa shape index (κ1) is 12.5. The molecule has 1 amide bonds. The number of aliphatic hydroxyl groups excluding tert-OH is 1. The van der Waals surface area contributed by atoms with E-state index in [1.165, 1.54) is 6.92 Å². The van der Waals surface area contributed by atoms with Crippen LogP contribution in [0.15, 0.2) is 0 Å². The molecule has 0 spiro atoms. The molecule has 0 aromatic rings. The third kappa shape index (κ3) is 2.52. The summed E-state index contributed by atoms with van der Waals surface area (Å²) in [6.45, 7) is 3.33. The van der Waals surface area contributed by atoms with Crippen molar-refractivity contribution in [3.05, 3.63) is 0 Å². The predicted octanol–water partition coefficient (Wildman–Crippen LogP) is 0.149. The molecule has 4 nitrogen and oxygen atoms in total. The molecule has 0 aromatic carbocycles. The average Bonchev–Trinajstić information content (AvgIpc) is 2.42. The van der Waals surface area contributed by atoms with E-state index < -0.39 is 18.1 Å². The van der Waals surface area contributed by atoms with Crippen LogP contribution in [0.5, 0.6) is 0 Å². The number of rotatable bonds is 4. The van der Waals surface area contributed by atoms with Crippen LogP contribution in [-0.2, 0) is 9.59 Å². The third-order valence-corrected chi connectivity index (χ3v) is 3.32. The molecular weight excluding hydrogens is 214 g/mol. The third-order valence-electron chi connectivity index (χ3n) is 2.74. The fourth-order valence-corrected chi connectivity index (χ4v) is 2.44. The van der Waals surface area contributed by atoms with Gasteiger partial charge in [0.15, 0.2) is 0 Å². The van der Waals surface area contributed by atoms with Crippen LogP contribution in [0, 0.1) is 5.92 Å². The van der Waals surface area contributed by atoms with E-state index in [2.05, 4.69) is 17.9 Å². The van der Waals surface area contributed by atoms with Crippen LogP contribution in [-0.4, -0.2) is 34.2 Å². The Labute approximate surface area is 94.8 Å². The van der Waals surface area contributed by atoms with Crippen molar-refractivity contribution in [1.29, 1.82) is 0 Å². The van der Waals surface area contributed by atoms with Gasteiger partial charge < -0.3 is 10.4 Å². The molecule has 4 unspecified atom stereocenters. The molecule has 1 rings (SSSR count). The number of carbonyl (C=O) groups is 2. The summed E-state index contributed by atoms with van der Waals surface area (Å²) in [5.74, 6) is -1.59. The van der Waals surface area contributed by atoms with Gasteiger partial charge in [0.25, 0.3) is 0 Å². The van der Waals surface area contributed by atoms with E-state index >= 15 is 0 Å². The van der Waals surface area contributed by atoms with Crippen molar-refractivity contribution >= 4 is 24.3 Å². The van der Waals surface area contributed by atoms with Crippen molar-refractivity contribution in [3.8, 4) is 0 Å². The summed E-state index contributed by atoms with van der Waals surface area (Å²) >= 11 is 4.33. The first-order chi connectivity index (χ1) is 6.99. The standard InChI is InChI=1S/C10H17NO3S/c1-3-4-6(15)8-9(13)7(5(2)12)10(14)11-8/h6-9,13,15H,3-4H2,1-2H3,(H,11,14). The van der Waals surface area contributed by atoms with Gasteiger partial charge in [-0.05, 0) is 13.3 Å². The molecule has 1 heterocycles. The van der Waals surface area contributed by atoms with E-state index in [9.17, 15) is 14.7 Å². The van der Waals surface area contributed by atoms with Gasteiger partial charge in [-0.15, -0.1) is 0 Å². The molecule has 0 saturated carbocycles. The minimum Gasteiger partial charge on any atom is -0.390 e. The lowest BCUT2D eigenvalue weighted by Gasteiger charge is -2.21. The van der Waals surface area contributed by atoms with Crippen molar-refractivity contribution in [3.63, 3.8) is 0 Å². The molecule has 5 heteroatoms. The Balaban J connectivity index is 2.72. The van der Waals surface area contributed by atoms with Crippen molar-refractivity contribution in [2.45, 2.75) is 44.1 Å². The van der Waals surface area contributed by atoms with Crippen LogP contribution in [0.25, 0.3) is 0 Å². The minimum atomic E-state index is -0.941. The van der Waals surface area contributed by atoms with Crippen molar-refractivity contribution < 1.29 is 14.7 Å². The molecule has 4 atom stereocenters. The number of Topliss-reactive ketones (excluding diaryl/α,β-unsaturated/α-hetero) is 1. The molecule has 86 valence electrons. The van der Waals surface area contributed by atoms with Gasteiger partial charge in [-0.1, -0.05) is 13.3 Å². The van der Waals surface area contributed by atoms with Crippen LogP contribution >= 0.6 is 12.6 Å². The Morgan fingerprint density at radius 3 is 2.67 bits per heavy atom. The zero-order valence-corrected chi connectivity index (χ0v) is 9.83.